The smallest absolute Gasteiger partial charge is 0.0192 e. The first kappa shape index (κ1) is 9.01. The van der Waals surface area contributed by atoms with Gasteiger partial charge in [-0.05, 0) is 40.3 Å². The first-order valence-corrected chi connectivity index (χ1v) is 4.65. The Balaban J connectivity index is 2.33. The first-order chi connectivity index (χ1) is 5.24. The van der Waals surface area contributed by atoms with Gasteiger partial charge in [-0.1, -0.05) is 0 Å². The van der Waals surface area contributed by atoms with Gasteiger partial charge in [-0.15, -0.1) is 0 Å². The van der Waals surface area contributed by atoms with E-state index < -0.39 is 0 Å². The molecule has 1 aliphatic heterocycles. The third kappa shape index (κ3) is 2.46. The van der Waals surface area contributed by atoms with Crippen molar-refractivity contribution in [3.8, 4) is 0 Å². The second kappa shape index (κ2) is 4.07. The number of nitrogens with one attached hydrogen (secondary N) is 1. The molecule has 1 saturated heterocycles. The standard InChI is InChI=1S/C9H20N2/c1-8(2)11-6-4-5-9(7-11)10-3/h8-10H,4-7H2,1-3H3/t9-/m0/s1. The summed E-state index contributed by atoms with van der Waals surface area (Å²) in [7, 11) is 2.06. The van der Waals surface area contributed by atoms with Crippen molar-refractivity contribution in [1.29, 1.82) is 0 Å². The highest BCUT2D eigenvalue weighted by Gasteiger charge is 2.19. The van der Waals surface area contributed by atoms with Crippen LogP contribution in [0.25, 0.3) is 0 Å². The van der Waals surface area contributed by atoms with E-state index >= 15 is 0 Å². The van der Waals surface area contributed by atoms with E-state index in [0.29, 0.717) is 6.04 Å². The molecule has 0 spiro atoms. The molecule has 1 fully saturated rings. The predicted octanol–water partition coefficient (Wildman–Crippen LogP) is 1.08. The van der Waals surface area contributed by atoms with Gasteiger partial charge in [0.15, 0.2) is 0 Å². The summed E-state index contributed by atoms with van der Waals surface area (Å²) in [6.07, 6.45) is 2.70. The van der Waals surface area contributed by atoms with Crippen LogP contribution in [-0.2, 0) is 0 Å². The van der Waals surface area contributed by atoms with Crippen LogP contribution >= 0.6 is 0 Å². The van der Waals surface area contributed by atoms with Crippen LogP contribution in [0.5, 0.6) is 0 Å². The van der Waals surface area contributed by atoms with Crippen molar-refractivity contribution in [1.82, 2.24) is 10.2 Å². The van der Waals surface area contributed by atoms with Gasteiger partial charge in [0.1, 0.15) is 0 Å². The van der Waals surface area contributed by atoms with Crippen molar-refractivity contribution >= 4 is 0 Å². The number of nitrogens with zero attached hydrogens (tertiary/aromatic N) is 1. The second-order valence-corrected chi connectivity index (χ2v) is 3.72. The highest BCUT2D eigenvalue weighted by molar-refractivity contribution is 4.78. The Morgan fingerprint density at radius 3 is 2.73 bits per heavy atom. The Labute approximate surface area is 70.0 Å². The fourth-order valence-corrected chi connectivity index (χ4v) is 1.71. The zero-order chi connectivity index (χ0) is 8.27. The van der Waals surface area contributed by atoms with E-state index in [1.54, 1.807) is 0 Å². The van der Waals surface area contributed by atoms with Crippen molar-refractivity contribution < 1.29 is 0 Å². The lowest BCUT2D eigenvalue weighted by molar-refractivity contribution is 0.158. The monoisotopic (exact) mass is 156 g/mol. The molecular formula is C9H20N2. The maximum absolute atomic E-state index is 3.35. The fourth-order valence-electron chi connectivity index (χ4n) is 1.71. The van der Waals surface area contributed by atoms with E-state index in [1.807, 2.05) is 0 Å². The molecule has 1 rings (SSSR count). The Morgan fingerprint density at radius 1 is 1.45 bits per heavy atom. The Kier molecular flexibility index (Phi) is 3.34. The normalized spacial score (nSPS) is 27.8. The van der Waals surface area contributed by atoms with Gasteiger partial charge in [0, 0.05) is 18.6 Å². The Morgan fingerprint density at radius 2 is 2.18 bits per heavy atom. The summed E-state index contributed by atoms with van der Waals surface area (Å²) in [5, 5.41) is 3.35. The molecule has 0 bridgehead atoms. The van der Waals surface area contributed by atoms with Crippen LogP contribution in [0.2, 0.25) is 0 Å². The van der Waals surface area contributed by atoms with Gasteiger partial charge < -0.3 is 5.32 Å². The summed E-state index contributed by atoms with van der Waals surface area (Å²) >= 11 is 0. The van der Waals surface area contributed by atoms with Crippen LogP contribution in [0.3, 0.4) is 0 Å². The lowest BCUT2D eigenvalue weighted by Crippen LogP contribution is -2.47. The summed E-state index contributed by atoms with van der Waals surface area (Å²) in [5.41, 5.74) is 0. The lowest BCUT2D eigenvalue weighted by atomic mass is 10.0. The predicted molar refractivity (Wildman–Crippen MR) is 48.8 cm³/mol. The van der Waals surface area contributed by atoms with Gasteiger partial charge in [-0.2, -0.15) is 0 Å². The fraction of sp³-hybridized carbons (Fsp3) is 1.00. The molecule has 1 heterocycles. The maximum Gasteiger partial charge on any atom is 0.0192 e. The molecule has 0 aliphatic carbocycles. The minimum absolute atomic E-state index is 0.714. The van der Waals surface area contributed by atoms with Crippen molar-refractivity contribution in [3.05, 3.63) is 0 Å². The van der Waals surface area contributed by atoms with Crippen LogP contribution in [0.1, 0.15) is 26.7 Å². The van der Waals surface area contributed by atoms with Gasteiger partial charge in [-0.3, -0.25) is 4.90 Å². The molecular weight excluding hydrogens is 136 g/mol. The van der Waals surface area contributed by atoms with Crippen molar-refractivity contribution in [2.45, 2.75) is 38.8 Å². The SMILES string of the molecule is CN[C@H]1CCCN(C(C)C)C1. The minimum Gasteiger partial charge on any atom is -0.316 e. The van der Waals surface area contributed by atoms with E-state index in [2.05, 4.69) is 31.1 Å². The van der Waals surface area contributed by atoms with E-state index in [9.17, 15) is 0 Å². The lowest BCUT2D eigenvalue weighted by Gasteiger charge is -2.35. The quantitative estimate of drug-likeness (QED) is 0.643. The van der Waals surface area contributed by atoms with Crippen LogP contribution in [-0.4, -0.2) is 37.1 Å². The summed E-state index contributed by atoms with van der Waals surface area (Å²) in [4.78, 5) is 2.55. The van der Waals surface area contributed by atoms with E-state index in [-0.39, 0.29) is 0 Å². The molecule has 0 radical (unpaired) electrons. The van der Waals surface area contributed by atoms with Gasteiger partial charge in [0.25, 0.3) is 0 Å². The van der Waals surface area contributed by atoms with E-state index in [1.165, 1.54) is 25.9 Å². The van der Waals surface area contributed by atoms with Crippen LogP contribution in [0, 0.1) is 0 Å². The molecule has 1 N–H and O–H groups in total. The van der Waals surface area contributed by atoms with Gasteiger partial charge in [0.05, 0.1) is 0 Å². The molecule has 0 aromatic carbocycles. The molecule has 0 saturated carbocycles. The van der Waals surface area contributed by atoms with Crippen LogP contribution in [0.15, 0.2) is 0 Å². The third-order valence-electron chi connectivity index (χ3n) is 2.59. The van der Waals surface area contributed by atoms with Gasteiger partial charge in [-0.25, -0.2) is 0 Å². The van der Waals surface area contributed by atoms with Gasteiger partial charge in [0.2, 0.25) is 0 Å². The first-order valence-electron chi connectivity index (χ1n) is 4.65. The topological polar surface area (TPSA) is 15.3 Å². The van der Waals surface area contributed by atoms with Gasteiger partial charge >= 0.3 is 0 Å². The largest absolute Gasteiger partial charge is 0.316 e. The van der Waals surface area contributed by atoms with Crippen LogP contribution in [0.4, 0.5) is 0 Å². The van der Waals surface area contributed by atoms with E-state index in [0.717, 1.165) is 6.04 Å². The molecule has 1 aliphatic rings. The minimum atomic E-state index is 0.714. The number of hydrogen-bond acceptors (Lipinski definition) is 2. The highest BCUT2D eigenvalue weighted by atomic mass is 15.2. The van der Waals surface area contributed by atoms with E-state index in [4.69, 9.17) is 0 Å². The average molecular weight is 156 g/mol. The number of hydrogen-bond donors (Lipinski definition) is 1. The molecule has 66 valence electrons. The Bertz CT molecular complexity index is 112. The Hall–Kier alpha value is -0.0800. The van der Waals surface area contributed by atoms with Crippen molar-refractivity contribution in [2.24, 2.45) is 0 Å². The zero-order valence-corrected chi connectivity index (χ0v) is 7.93. The van der Waals surface area contributed by atoms with Crippen molar-refractivity contribution in [3.63, 3.8) is 0 Å². The molecule has 0 aromatic rings. The molecule has 1 atom stereocenters. The molecule has 0 amide bonds. The van der Waals surface area contributed by atoms with Crippen LogP contribution < -0.4 is 5.32 Å². The second-order valence-electron chi connectivity index (χ2n) is 3.72. The van der Waals surface area contributed by atoms with Crippen molar-refractivity contribution in [2.75, 3.05) is 20.1 Å². The maximum atomic E-state index is 3.35. The number of piperidine rings is 1. The number of rotatable bonds is 2. The summed E-state index contributed by atoms with van der Waals surface area (Å²) in [6, 6.07) is 1.44. The molecule has 2 nitrogen and oxygen atoms in total. The third-order valence-corrected chi connectivity index (χ3v) is 2.59. The summed E-state index contributed by atoms with van der Waals surface area (Å²) in [6.45, 7) is 7.07. The number of likely N-dealkylation sites (N-methyl/N-ethyl adjacent to an activating group) is 1. The number of likely N-dealkylation sites (tertiary alicyclic amines) is 1. The molecule has 0 aromatic heterocycles. The summed E-state index contributed by atoms with van der Waals surface area (Å²) < 4.78 is 0. The molecule has 0 unspecified atom stereocenters. The summed E-state index contributed by atoms with van der Waals surface area (Å²) in [5.74, 6) is 0. The zero-order valence-electron chi connectivity index (χ0n) is 7.93. The average Bonchev–Trinajstić information content (AvgIpc) is 2.05. The highest BCUT2D eigenvalue weighted by Crippen LogP contribution is 2.11. The molecule has 11 heavy (non-hydrogen) atoms. The molecule has 2 heteroatoms.